The number of hydrogen-bond donors (Lipinski definition) is 0. The average Bonchev–Trinajstić information content (AvgIpc) is 2.29. The zero-order chi connectivity index (χ0) is 11.5. The molecule has 0 aromatic carbocycles. The van der Waals surface area contributed by atoms with Gasteiger partial charge in [0.2, 0.25) is 0 Å². The minimum Gasteiger partial charge on any atom is -0.378 e. The van der Waals surface area contributed by atoms with Gasteiger partial charge in [0.25, 0.3) is 0 Å². The minimum absolute atomic E-state index is 0.140. The fourth-order valence-electron chi connectivity index (χ4n) is 1.89. The molecule has 16 heavy (non-hydrogen) atoms. The summed E-state index contributed by atoms with van der Waals surface area (Å²) in [6, 6.07) is 1.96. The highest BCUT2D eigenvalue weighted by molar-refractivity contribution is 6.32. The molecule has 0 amide bonds. The van der Waals surface area contributed by atoms with Crippen LogP contribution in [0.1, 0.15) is 17.9 Å². The summed E-state index contributed by atoms with van der Waals surface area (Å²) in [6.07, 6.45) is 1.72. The van der Waals surface area contributed by atoms with Crippen LogP contribution in [0.4, 0.5) is 5.69 Å². The molecule has 2 rings (SSSR count). The van der Waals surface area contributed by atoms with E-state index in [0.29, 0.717) is 5.15 Å². The molecule has 88 valence electrons. The molecule has 3 nitrogen and oxygen atoms in total. The molecule has 0 radical (unpaired) electrons. The lowest BCUT2D eigenvalue weighted by Gasteiger charge is -2.31. The number of pyridine rings is 1. The monoisotopic (exact) mass is 260 g/mol. The number of nitrogens with zero attached hydrogens (tertiary/aromatic N) is 2. The molecule has 0 bridgehead atoms. The van der Waals surface area contributed by atoms with E-state index in [4.69, 9.17) is 27.9 Å². The summed E-state index contributed by atoms with van der Waals surface area (Å²) < 4.78 is 5.33. The molecule has 1 aromatic rings. The van der Waals surface area contributed by atoms with Crippen molar-refractivity contribution < 1.29 is 4.74 Å². The first kappa shape index (κ1) is 12.0. The molecule has 1 saturated heterocycles. The van der Waals surface area contributed by atoms with Crippen molar-refractivity contribution in [2.75, 3.05) is 31.2 Å². The van der Waals surface area contributed by atoms with E-state index in [1.807, 2.05) is 13.0 Å². The van der Waals surface area contributed by atoms with Crippen LogP contribution in [0.2, 0.25) is 5.15 Å². The van der Waals surface area contributed by atoms with Gasteiger partial charge in [-0.2, -0.15) is 0 Å². The van der Waals surface area contributed by atoms with Crippen molar-refractivity contribution in [2.24, 2.45) is 0 Å². The van der Waals surface area contributed by atoms with Crippen LogP contribution in [-0.2, 0) is 4.74 Å². The molecule has 0 saturated carbocycles. The number of ether oxygens (including phenoxy) is 1. The molecule has 1 atom stereocenters. The van der Waals surface area contributed by atoms with Crippen LogP contribution in [0.3, 0.4) is 0 Å². The first-order chi connectivity index (χ1) is 7.70. The molecule has 1 aliphatic rings. The molecular weight excluding hydrogens is 247 g/mol. The van der Waals surface area contributed by atoms with Gasteiger partial charge in [-0.15, -0.1) is 11.6 Å². The van der Waals surface area contributed by atoms with E-state index < -0.39 is 0 Å². The smallest absolute Gasteiger partial charge is 0.135 e. The van der Waals surface area contributed by atoms with Gasteiger partial charge in [0.1, 0.15) is 5.15 Å². The number of aromatic nitrogens is 1. The maximum atomic E-state index is 6.15. The minimum atomic E-state index is -0.140. The third kappa shape index (κ3) is 2.42. The van der Waals surface area contributed by atoms with E-state index in [0.717, 1.165) is 37.6 Å². The summed E-state index contributed by atoms with van der Waals surface area (Å²) in [4.78, 5) is 6.32. The van der Waals surface area contributed by atoms with Gasteiger partial charge >= 0.3 is 0 Å². The third-order valence-corrected chi connectivity index (χ3v) is 3.19. The lowest BCUT2D eigenvalue weighted by molar-refractivity contribution is 0.122. The highest BCUT2D eigenvalue weighted by atomic mass is 35.5. The fraction of sp³-hybridized carbons (Fsp3) is 0.545. The number of anilines is 1. The van der Waals surface area contributed by atoms with Crippen molar-refractivity contribution in [3.63, 3.8) is 0 Å². The normalized spacial score (nSPS) is 18.6. The lowest BCUT2D eigenvalue weighted by Crippen LogP contribution is -2.36. The SMILES string of the molecule is CC(Cl)c1c(N2CCOCC2)ccnc1Cl. The Bertz CT molecular complexity index is 365. The van der Waals surface area contributed by atoms with E-state index in [2.05, 4.69) is 9.88 Å². The number of hydrogen-bond acceptors (Lipinski definition) is 3. The summed E-state index contributed by atoms with van der Waals surface area (Å²) in [5.74, 6) is 0. The summed E-state index contributed by atoms with van der Waals surface area (Å²) >= 11 is 12.2. The molecule has 0 aliphatic carbocycles. The van der Waals surface area contributed by atoms with E-state index >= 15 is 0 Å². The number of halogens is 2. The van der Waals surface area contributed by atoms with E-state index in [1.54, 1.807) is 6.20 Å². The van der Waals surface area contributed by atoms with Crippen LogP contribution >= 0.6 is 23.2 Å². The van der Waals surface area contributed by atoms with Gasteiger partial charge in [-0.05, 0) is 13.0 Å². The summed E-state index contributed by atoms with van der Waals surface area (Å²) in [5, 5.41) is 0.352. The Balaban J connectivity index is 2.34. The zero-order valence-electron chi connectivity index (χ0n) is 9.12. The van der Waals surface area contributed by atoms with Gasteiger partial charge in [0.05, 0.1) is 18.6 Å². The van der Waals surface area contributed by atoms with Gasteiger partial charge in [0, 0.05) is 30.5 Å². The maximum Gasteiger partial charge on any atom is 0.135 e. The molecular formula is C11H14Cl2N2O. The van der Waals surface area contributed by atoms with E-state index in [-0.39, 0.29) is 5.38 Å². The van der Waals surface area contributed by atoms with Crippen LogP contribution in [-0.4, -0.2) is 31.3 Å². The zero-order valence-corrected chi connectivity index (χ0v) is 10.6. The Morgan fingerprint density at radius 3 is 2.75 bits per heavy atom. The molecule has 0 N–H and O–H groups in total. The Hall–Kier alpha value is -0.510. The van der Waals surface area contributed by atoms with Crippen molar-refractivity contribution in [1.82, 2.24) is 4.98 Å². The average molecular weight is 261 g/mol. The second-order valence-electron chi connectivity index (χ2n) is 3.75. The van der Waals surface area contributed by atoms with Gasteiger partial charge in [-0.3, -0.25) is 0 Å². The van der Waals surface area contributed by atoms with Crippen molar-refractivity contribution in [3.05, 3.63) is 23.0 Å². The van der Waals surface area contributed by atoms with E-state index in [9.17, 15) is 0 Å². The van der Waals surface area contributed by atoms with E-state index in [1.165, 1.54) is 0 Å². The van der Waals surface area contributed by atoms with Crippen molar-refractivity contribution in [3.8, 4) is 0 Å². The third-order valence-electron chi connectivity index (χ3n) is 2.67. The van der Waals surface area contributed by atoms with Crippen LogP contribution in [0.15, 0.2) is 12.3 Å². The summed E-state index contributed by atoms with van der Waals surface area (Å²) in [7, 11) is 0. The second kappa shape index (κ2) is 5.21. The summed E-state index contributed by atoms with van der Waals surface area (Å²) in [5.41, 5.74) is 1.98. The largest absolute Gasteiger partial charge is 0.378 e. The predicted molar refractivity (Wildman–Crippen MR) is 66.5 cm³/mol. The van der Waals surface area contributed by atoms with Crippen LogP contribution < -0.4 is 4.90 Å². The molecule has 5 heteroatoms. The maximum absolute atomic E-state index is 6.15. The molecule has 1 aliphatic heterocycles. The van der Waals surface area contributed by atoms with Crippen LogP contribution in [0.25, 0.3) is 0 Å². The first-order valence-electron chi connectivity index (χ1n) is 5.31. The molecule has 0 spiro atoms. The Morgan fingerprint density at radius 2 is 2.12 bits per heavy atom. The Kier molecular flexibility index (Phi) is 3.90. The molecule has 1 fully saturated rings. The van der Waals surface area contributed by atoms with Crippen molar-refractivity contribution >= 4 is 28.9 Å². The quantitative estimate of drug-likeness (QED) is 0.604. The number of morpholine rings is 1. The Labute approximate surface area is 105 Å². The number of alkyl halides is 1. The Morgan fingerprint density at radius 1 is 1.44 bits per heavy atom. The van der Waals surface area contributed by atoms with Gasteiger partial charge < -0.3 is 9.64 Å². The summed E-state index contributed by atoms with van der Waals surface area (Å²) in [6.45, 7) is 5.15. The highest BCUT2D eigenvalue weighted by Crippen LogP contribution is 2.34. The first-order valence-corrected chi connectivity index (χ1v) is 6.12. The standard InChI is InChI=1S/C11H14Cl2N2O/c1-8(12)10-9(2-3-14-11(10)13)15-4-6-16-7-5-15/h2-3,8H,4-7H2,1H3. The molecule has 1 unspecified atom stereocenters. The fourth-order valence-corrected chi connectivity index (χ4v) is 2.47. The topological polar surface area (TPSA) is 25.4 Å². The van der Waals surface area contributed by atoms with Gasteiger partial charge in [0.15, 0.2) is 0 Å². The van der Waals surface area contributed by atoms with Crippen molar-refractivity contribution in [2.45, 2.75) is 12.3 Å². The highest BCUT2D eigenvalue weighted by Gasteiger charge is 2.19. The van der Waals surface area contributed by atoms with Gasteiger partial charge in [-0.1, -0.05) is 11.6 Å². The number of rotatable bonds is 2. The predicted octanol–water partition coefficient (Wildman–Crippen LogP) is 2.87. The second-order valence-corrected chi connectivity index (χ2v) is 4.76. The van der Waals surface area contributed by atoms with Crippen LogP contribution in [0, 0.1) is 0 Å². The van der Waals surface area contributed by atoms with Crippen molar-refractivity contribution in [1.29, 1.82) is 0 Å². The molecule has 1 aromatic heterocycles. The lowest BCUT2D eigenvalue weighted by atomic mass is 10.1. The van der Waals surface area contributed by atoms with Gasteiger partial charge in [-0.25, -0.2) is 4.98 Å². The van der Waals surface area contributed by atoms with Crippen LogP contribution in [0.5, 0.6) is 0 Å². The molecule has 2 heterocycles.